The topological polar surface area (TPSA) is 84.7 Å². The van der Waals surface area contributed by atoms with Crippen LogP contribution in [0, 0.1) is 5.92 Å². The molecule has 126 valence electrons. The number of amides is 3. The van der Waals surface area contributed by atoms with Crippen LogP contribution >= 0.6 is 0 Å². The van der Waals surface area contributed by atoms with Crippen molar-refractivity contribution in [2.24, 2.45) is 11.7 Å². The molecule has 0 radical (unpaired) electrons. The van der Waals surface area contributed by atoms with E-state index in [1.165, 1.54) is 0 Å². The number of nitrogens with zero attached hydrogens (tertiary/aromatic N) is 1. The molecule has 1 aliphatic heterocycles. The molecule has 1 saturated heterocycles. The summed E-state index contributed by atoms with van der Waals surface area (Å²) in [6.07, 6.45) is 1.44. The first-order chi connectivity index (χ1) is 11.1. The summed E-state index contributed by atoms with van der Waals surface area (Å²) in [5.74, 6) is -0.542. The molecule has 1 fully saturated rings. The van der Waals surface area contributed by atoms with Crippen LogP contribution in [-0.4, -0.2) is 43.1 Å². The van der Waals surface area contributed by atoms with Crippen LogP contribution in [0.4, 0.5) is 4.79 Å². The van der Waals surface area contributed by atoms with Gasteiger partial charge in [-0.05, 0) is 25.3 Å². The molecule has 1 heterocycles. The Morgan fingerprint density at radius 1 is 1.39 bits per heavy atom. The fourth-order valence-electron chi connectivity index (χ4n) is 2.64. The standard InChI is InChI=1S/C17H25N3O3/c1-13(14-6-3-2-4-7-14)23-11-5-9-19-17(22)20-10-8-15(12-20)16(18)21/h2-4,6-7,13,15H,5,8-12H2,1H3,(H2,18,21)(H,19,22)/t13-,15-/m0/s1. The van der Waals surface area contributed by atoms with Crippen molar-refractivity contribution < 1.29 is 14.3 Å². The summed E-state index contributed by atoms with van der Waals surface area (Å²) < 4.78 is 5.76. The Bertz CT molecular complexity index is 521. The average molecular weight is 319 g/mol. The number of nitrogens with one attached hydrogen (secondary N) is 1. The Morgan fingerprint density at radius 3 is 2.78 bits per heavy atom. The Hall–Kier alpha value is -2.08. The first kappa shape index (κ1) is 17.3. The third-order valence-electron chi connectivity index (χ3n) is 4.11. The van der Waals surface area contributed by atoms with E-state index in [-0.39, 0.29) is 24.0 Å². The number of ether oxygens (including phenoxy) is 1. The van der Waals surface area contributed by atoms with Crippen molar-refractivity contribution in [2.45, 2.75) is 25.9 Å². The van der Waals surface area contributed by atoms with Crippen molar-refractivity contribution in [1.29, 1.82) is 0 Å². The van der Waals surface area contributed by atoms with E-state index in [1.54, 1.807) is 4.90 Å². The maximum absolute atomic E-state index is 12.0. The molecule has 0 spiro atoms. The zero-order chi connectivity index (χ0) is 16.7. The molecule has 1 aromatic rings. The quantitative estimate of drug-likeness (QED) is 0.750. The molecule has 1 aliphatic rings. The van der Waals surface area contributed by atoms with Crippen LogP contribution in [0.15, 0.2) is 30.3 Å². The maximum atomic E-state index is 12.0. The zero-order valence-corrected chi connectivity index (χ0v) is 13.5. The van der Waals surface area contributed by atoms with Gasteiger partial charge in [-0.15, -0.1) is 0 Å². The van der Waals surface area contributed by atoms with E-state index in [1.807, 2.05) is 37.3 Å². The summed E-state index contributed by atoms with van der Waals surface area (Å²) in [6.45, 7) is 4.16. The van der Waals surface area contributed by atoms with Crippen LogP contribution in [-0.2, 0) is 9.53 Å². The van der Waals surface area contributed by atoms with Crippen molar-refractivity contribution in [2.75, 3.05) is 26.2 Å². The summed E-state index contributed by atoms with van der Waals surface area (Å²) in [7, 11) is 0. The second-order valence-corrected chi connectivity index (χ2v) is 5.84. The molecule has 0 saturated carbocycles. The van der Waals surface area contributed by atoms with Crippen LogP contribution in [0.3, 0.4) is 0 Å². The smallest absolute Gasteiger partial charge is 0.317 e. The van der Waals surface area contributed by atoms with Crippen LogP contribution in [0.1, 0.15) is 31.4 Å². The minimum atomic E-state index is -0.330. The van der Waals surface area contributed by atoms with Gasteiger partial charge in [0.2, 0.25) is 5.91 Å². The highest BCUT2D eigenvalue weighted by atomic mass is 16.5. The zero-order valence-electron chi connectivity index (χ0n) is 13.5. The second-order valence-electron chi connectivity index (χ2n) is 5.84. The van der Waals surface area contributed by atoms with Crippen molar-refractivity contribution >= 4 is 11.9 Å². The van der Waals surface area contributed by atoms with Gasteiger partial charge in [0.1, 0.15) is 0 Å². The first-order valence-electron chi connectivity index (χ1n) is 8.06. The Kier molecular flexibility index (Phi) is 6.40. The van der Waals surface area contributed by atoms with Gasteiger partial charge in [0.05, 0.1) is 12.0 Å². The van der Waals surface area contributed by atoms with Gasteiger partial charge in [0.15, 0.2) is 0 Å². The lowest BCUT2D eigenvalue weighted by Crippen LogP contribution is -2.40. The van der Waals surface area contributed by atoms with Crippen LogP contribution in [0.25, 0.3) is 0 Å². The van der Waals surface area contributed by atoms with Gasteiger partial charge in [-0.3, -0.25) is 4.79 Å². The molecule has 1 aromatic carbocycles. The lowest BCUT2D eigenvalue weighted by atomic mass is 10.1. The molecule has 3 N–H and O–H groups in total. The number of rotatable bonds is 7. The van der Waals surface area contributed by atoms with E-state index in [4.69, 9.17) is 10.5 Å². The van der Waals surface area contributed by atoms with Gasteiger partial charge >= 0.3 is 6.03 Å². The number of hydrogen-bond donors (Lipinski definition) is 2. The summed E-state index contributed by atoms with van der Waals surface area (Å²) in [5, 5.41) is 2.85. The van der Waals surface area contributed by atoms with Gasteiger partial charge < -0.3 is 20.7 Å². The number of primary amides is 1. The molecule has 6 nitrogen and oxygen atoms in total. The summed E-state index contributed by atoms with van der Waals surface area (Å²) in [6, 6.07) is 9.90. The molecule has 23 heavy (non-hydrogen) atoms. The molecule has 0 aromatic heterocycles. The molecular formula is C17H25N3O3. The highest BCUT2D eigenvalue weighted by Gasteiger charge is 2.29. The predicted octanol–water partition coefficient (Wildman–Crippen LogP) is 1.67. The fraction of sp³-hybridized carbons (Fsp3) is 0.529. The van der Waals surface area contributed by atoms with E-state index in [0.29, 0.717) is 32.7 Å². The van der Waals surface area contributed by atoms with Gasteiger partial charge in [-0.1, -0.05) is 30.3 Å². The second kappa shape index (κ2) is 8.53. The molecule has 2 rings (SSSR count). The molecule has 0 unspecified atom stereocenters. The Morgan fingerprint density at radius 2 is 2.13 bits per heavy atom. The highest BCUT2D eigenvalue weighted by molar-refractivity contribution is 5.80. The van der Waals surface area contributed by atoms with Crippen molar-refractivity contribution in [1.82, 2.24) is 10.2 Å². The van der Waals surface area contributed by atoms with Crippen LogP contribution < -0.4 is 11.1 Å². The highest BCUT2D eigenvalue weighted by Crippen LogP contribution is 2.16. The van der Waals surface area contributed by atoms with E-state index < -0.39 is 0 Å². The van der Waals surface area contributed by atoms with Crippen LogP contribution in [0.2, 0.25) is 0 Å². The lowest BCUT2D eigenvalue weighted by Gasteiger charge is -2.17. The predicted molar refractivity (Wildman–Crippen MR) is 87.7 cm³/mol. The number of likely N-dealkylation sites (tertiary alicyclic amines) is 1. The first-order valence-corrected chi connectivity index (χ1v) is 8.06. The number of urea groups is 1. The lowest BCUT2D eigenvalue weighted by molar-refractivity contribution is -0.121. The maximum Gasteiger partial charge on any atom is 0.317 e. The van der Waals surface area contributed by atoms with Gasteiger partial charge in [-0.2, -0.15) is 0 Å². The number of carbonyl (C=O) groups is 2. The van der Waals surface area contributed by atoms with Crippen molar-refractivity contribution in [3.8, 4) is 0 Å². The minimum Gasteiger partial charge on any atom is -0.374 e. The van der Waals surface area contributed by atoms with Crippen LogP contribution in [0.5, 0.6) is 0 Å². The molecular weight excluding hydrogens is 294 g/mol. The van der Waals surface area contributed by atoms with E-state index >= 15 is 0 Å². The normalized spacial score (nSPS) is 18.7. The summed E-state index contributed by atoms with van der Waals surface area (Å²) in [5.41, 5.74) is 6.41. The van der Waals surface area contributed by atoms with Gasteiger partial charge in [0, 0.05) is 26.2 Å². The molecule has 2 atom stereocenters. The third kappa shape index (κ3) is 5.25. The average Bonchev–Trinajstić information content (AvgIpc) is 3.05. The van der Waals surface area contributed by atoms with E-state index in [9.17, 15) is 9.59 Å². The number of hydrogen-bond acceptors (Lipinski definition) is 3. The van der Waals surface area contributed by atoms with Crippen molar-refractivity contribution in [3.63, 3.8) is 0 Å². The summed E-state index contributed by atoms with van der Waals surface area (Å²) >= 11 is 0. The largest absolute Gasteiger partial charge is 0.374 e. The fourth-order valence-corrected chi connectivity index (χ4v) is 2.64. The van der Waals surface area contributed by atoms with E-state index in [2.05, 4.69) is 5.32 Å². The van der Waals surface area contributed by atoms with Crippen molar-refractivity contribution in [3.05, 3.63) is 35.9 Å². The minimum absolute atomic E-state index is 0.0433. The number of benzene rings is 1. The van der Waals surface area contributed by atoms with Gasteiger partial charge in [0.25, 0.3) is 0 Å². The Labute approximate surface area is 137 Å². The number of nitrogens with two attached hydrogens (primary N) is 1. The van der Waals surface area contributed by atoms with E-state index in [0.717, 1.165) is 12.0 Å². The molecule has 6 heteroatoms. The van der Waals surface area contributed by atoms with Gasteiger partial charge in [-0.25, -0.2) is 4.79 Å². The Balaban J connectivity index is 1.59. The number of carbonyl (C=O) groups excluding carboxylic acids is 2. The monoisotopic (exact) mass is 319 g/mol. The molecule has 0 aliphatic carbocycles. The molecule has 0 bridgehead atoms. The third-order valence-corrected chi connectivity index (χ3v) is 4.11. The molecule has 3 amide bonds. The summed E-state index contributed by atoms with van der Waals surface area (Å²) in [4.78, 5) is 24.7. The SMILES string of the molecule is C[C@H](OCCCNC(=O)N1CC[C@H](C(N)=O)C1)c1ccccc1.